The minimum atomic E-state index is 0.486. The van der Waals surface area contributed by atoms with Crippen LogP contribution in [0.25, 0.3) is 0 Å². The van der Waals surface area contributed by atoms with E-state index in [1.54, 1.807) is 0 Å². The Morgan fingerprint density at radius 3 is 2.53 bits per heavy atom. The van der Waals surface area contributed by atoms with Gasteiger partial charge in [0.15, 0.2) is 0 Å². The van der Waals surface area contributed by atoms with Gasteiger partial charge in [-0.15, -0.1) is 0 Å². The van der Waals surface area contributed by atoms with Gasteiger partial charge in [-0.25, -0.2) is 9.97 Å². The minimum absolute atomic E-state index is 0.486. The second-order valence-electron chi connectivity index (χ2n) is 5.69. The summed E-state index contributed by atoms with van der Waals surface area (Å²) in [6, 6.07) is 0.486. The average molecular weight is 262 g/mol. The largest absolute Gasteiger partial charge is 0.373 e. The molecule has 4 nitrogen and oxygen atoms in total. The van der Waals surface area contributed by atoms with Gasteiger partial charge >= 0.3 is 0 Å². The summed E-state index contributed by atoms with van der Waals surface area (Å²) in [6.45, 7) is 6.48. The average Bonchev–Trinajstić information content (AvgIpc) is 3.17. The summed E-state index contributed by atoms with van der Waals surface area (Å²) in [5.74, 6) is 3.80. The van der Waals surface area contributed by atoms with Gasteiger partial charge in [-0.1, -0.05) is 19.8 Å². The molecule has 1 aromatic heterocycles. The highest BCUT2D eigenvalue weighted by atomic mass is 15.1. The Morgan fingerprint density at radius 2 is 1.95 bits per heavy atom. The molecule has 106 valence electrons. The number of rotatable bonds is 7. The molecule has 1 atom stereocenters. The SMILES string of the molecule is CCCc1nc(NC)c(C)c(NC(C)CC2CC2)n1. The van der Waals surface area contributed by atoms with E-state index in [4.69, 9.17) is 0 Å². The summed E-state index contributed by atoms with van der Waals surface area (Å²) in [5, 5.41) is 6.73. The molecule has 0 spiro atoms. The lowest BCUT2D eigenvalue weighted by molar-refractivity contribution is 0.638. The summed E-state index contributed by atoms with van der Waals surface area (Å²) in [7, 11) is 1.92. The Bertz CT molecular complexity index is 426. The molecular formula is C15H26N4. The first-order chi connectivity index (χ1) is 9.13. The first-order valence-corrected chi connectivity index (χ1v) is 7.45. The second kappa shape index (κ2) is 6.22. The maximum atomic E-state index is 4.68. The van der Waals surface area contributed by atoms with Crippen molar-refractivity contribution in [2.45, 2.75) is 58.9 Å². The minimum Gasteiger partial charge on any atom is -0.373 e. The number of aromatic nitrogens is 2. The van der Waals surface area contributed by atoms with E-state index in [-0.39, 0.29) is 0 Å². The van der Waals surface area contributed by atoms with Crippen LogP contribution in [0.15, 0.2) is 0 Å². The van der Waals surface area contributed by atoms with Gasteiger partial charge in [0, 0.05) is 25.1 Å². The van der Waals surface area contributed by atoms with Crippen molar-refractivity contribution in [3.05, 3.63) is 11.4 Å². The van der Waals surface area contributed by atoms with E-state index in [2.05, 4.69) is 41.4 Å². The third-order valence-electron chi connectivity index (χ3n) is 3.67. The van der Waals surface area contributed by atoms with E-state index in [0.29, 0.717) is 6.04 Å². The number of aryl methyl sites for hydroxylation is 1. The van der Waals surface area contributed by atoms with Crippen molar-refractivity contribution in [3.63, 3.8) is 0 Å². The van der Waals surface area contributed by atoms with Crippen LogP contribution in [-0.2, 0) is 6.42 Å². The molecule has 1 aliphatic carbocycles. The third-order valence-corrected chi connectivity index (χ3v) is 3.67. The van der Waals surface area contributed by atoms with E-state index in [1.807, 2.05) is 7.05 Å². The van der Waals surface area contributed by atoms with Crippen molar-refractivity contribution in [1.29, 1.82) is 0 Å². The Hall–Kier alpha value is -1.32. The topological polar surface area (TPSA) is 49.8 Å². The van der Waals surface area contributed by atoms with Crippen molar-refractivity contribution in [2.24, 2.45) is 5.92 Å². The zero-order valence-electron chi connectivity index (χ0n) is 12.6. The lowest BCUT2D eigenvalue weighted by Crippen LogP contribution is -2.19. The highest BCUT2D eigenvalue weighted by Gasteiger charge is 2.24. The van der Waals surface area contributed by atoms with Crippen LogP contribution in [0.1, 0.15) is 50.9 Å². The van der Waals surface area contributed by atoms with Gasteiger partial charge in [-0.05, 0) is 32.6 Å². The third kappa shape index (κ3) is 3.82. The second-order valence-corrected chi connectivity index (χ2v) is 5.69. The van der Waals surface area contributed by atoms with Gasteiger partial charge in [-0.3, -0.25) is 0 Å². The summed E-state index contributed by atoms with van der Waals surface area (Å²) in [6.07, 6.45) is 6.06. The fourth-order valence-electron chi connectivity index (χ4n) is 2.43. The molecule has 0 amide bonds. The number of nitrogens with one attached hydrogen (secondary N) is 2. The Balaban J connectivity index is 2.13. The molecule has 19 heavy (non-hydrogen) atoms. The molecule has 1 aliphatic rings. The number of hydrogen-bond donors (Lipinski definition) is 2. The van der Waals surface area contributed by atoms with Crippen molar-refractivity contribution in [2.75, 3.05) is 17.7 Å². The van der Waals surface area contributed by atoms with Gasteiger partial charge in [0.25, 0.3) is 0 Å². The predicted molar refractivity (Wildman–Crippen MR) is 80.7 cm³/mol. The van der Waals surface area contributed by atoms with Gasteiger partial charge in [0.2, 0.25) is 0 Å². The summed E-state index contributed by atoms with van der Waals surface area (Å²) in [5.41, 5.74) is 1.12. The van der Waals surface area contributed by atoms with Gasteiger partial charge in [0.05, 0.1) is 0 Å². The van der Waals surface area contributed by atoms with Crippen molar-refractivity contribution in [3.8, 4) is 0 Å². The van der Waals surface area contributed by atoms with E-state index in [0.717, 1.165) is 41.8 Å². The molecule has 0 radical (unpaired) electrons. The molecule has 1 saturated carbocycles. The first-order valence-electron chi connectivity index (χ1n) is 7.45. The number of anilines is 2. The molecule has 0 saturated heterocycles. The molecule has 0 aromatic carbocycles. The van der Waals surface area contributed by atoms with Crippen LogP contribution in [0.3, 0.4) is 0 Å². The van der Waals surface area contributed by atoms with Crippen LogP contribution in [-0.4, -0.2) is 23.1 Å². The monoisotopic (exact) mass is 262 g/mol. The van der Waals surface area contributed by atoms with Gasteiger partial charge in [0.1, 0.15) is 17.5 Å². The lowest BCUT2D eigenvalue weighted by Gasteiger charge is -2.18. The molecule has 1 heterocycles. The molecule has 1 fully saturated rings. The van der Waals surface area contributed by atoms with Crippen LogP contribution < -0.4 is 10.6 Å². The van der Waals surface area contributed by atoms with E-state index in [1.165, 1.54) is 19.3 Å². The smallest absolute Gasteiger partial charge is 0.134 e. The quantitative estimate of drug-likeness (QED) is 0.791. The van der Waals surface area contributed by atoms with Gasteiger partial charge < -0.3 is 10.6 Å². The highest BCUT2D eigenvalue weighted by molar-refractivity contribution is 5.57. The van der Waals surface area contributed by atoms with Crippen LogP contribution in [0.5, 0.6) is 0 Å². The van der Waals surface area contributed by atoms with Crippen molar-refractivity contribution in [1.82, 2.24) is 9.97 Å². The summed E-state index contributed by atoms with van der Waals surface area (Å²) >= 11 is 0. The maximum Gasteiger partial charge on any atom is 0.134 e. The molecular weight excluding hydrogens is 236 g/mol. The van der Waals surface area contributed by atoms with Crippen LogP contribution in [0.2, 0.25) is 0 Å². The first kappa shape index (κ1) is 14.1. The van der Waals surface area contributed by atoms with Crippen LogP contribution >= 0.6 is 0 Å². The van der Waals surface area contributed by atoms with Crippen LogP contribution in [0.4, 0.5) is 11.6 Å². The normalized spacial score (nSPS) is 16.2. The van der Waals surface area contributed by atoms with E-state index >= 15 is 0 Å². The molecule has 0 bridgehead atoms. The lowest BCUT2D eigenvalue weighted by atomic mass is 10.1. The van der Waals surface area contributed by atoms with Crippen molar-refractivity contribution >= 4 is 11.6 Å². The van der Waals surface area contributed by atoms with E-state index in [9.17, 15) is 0 Å². The fraction of sp³-hybridized carbons (Fsp3) is 0.733. The Labute approximate surface area is 116 Å². The molecule has 0 aliphatic heterocycles. The Kier molecular flexibility index (Phi) is 4.61. The summed E-state index contributed by atoms with van der Waals surface area (Å²) < 4.78 is 0. The maximum absolute atomic E-state index is 4.68. The van der Waals surface area contributed by atoms with Crippen LogP contribution in [0, 0.1) is 12.8 Å². The molecule has 2 rings (SSSR count). The zero-order valence-corrected chi connectivity index (χ0v) is 12.6. The predicted octanol–water partition coefficient (Wildman–Crippen LogP) is 3.38. The molecule has 2 N–H and O–H groups in total. The molecule has 4 heteroatoms. The highest BCUT2D eigenvalue weighted by Crippen LogP contribution is 2.34. The van der Waals surface area contributed by atoms with E-state index < -0.39 is 0 Å². The number of hydrogen-bond acceptors (Lipinski definition) is 4. The number of nitrogens with zero attached hydrogens (tertiary/aromatic N) is 2. The molecule has 1 unspecified atom stereocenters. The van der Waals surface area contributed by atoms with Crippen molar-refractivity contribution < 1.29 is 0 Å². The van der Waals surface area contributed by atoms with Gasteiger partial charge in [-0.2, -0.15) is 0 Å². The zero-order chi connectivity index (χ0) is 13.8. The molecule has 1 aromatic rings. The standard InChI is InChI=1S/C15H26N4/c1-5-6-13-18-14(16-4)11(3)15(19-13)17-10(2)9-12-7-8-12/h10,12H,5-9H2,1-4H3,(H2,16,17,18,19). The Morgan fingerprint density at radius 1 is 1.26 bits per heavy atom. The fourth-order valence-corrected chi connectivity index (χ4v) is 2.43. The summed E-state index contributed by atoms with van der Waals surface area (Å²) in [4.78, 5) is 9.24.